The molecule has 2 aromatic carbocycles. The molecule has 0 aliphatic rings. The topological polar surface area (TPSA) is 67.4 Å². The van der Waals surface area contributed by atoms with Crippen molar-refractivity contribution in [3.05, 3.63) is 87.2 Å². The van der Waals surface area contributed by atoms with Gasteiger partial charge in [0, 0.05) is 10.4 Å². The number of thiophene rings is 1. The minimum absolute atomic E-state index is 0.154. The van der Waals surface area contributed by atoms with E-state index in [1.807, 2.05) is 49.6 Å². The molecule has 3 aromatic rings. The number of benzene rings is 2. The zero-order valence-electron chi connectivity index (χ0n) is 16.5. The molecule has 0 aliphatic carbocycles. The number of hydrogen-bond acceptors (Lipinski definition) is 4. The normalized spacial score (nSPS) is 11.1. The maximum atomic E-state index is 12.9. The second-order valence-corrected chi connectivity index (χ2v) is 7.46. The summed E-state index contributed by atoms with van der Waals surface area (Å²) in [6.45, 7) is 3.93. The van der Waals surface area contributed by atoms with Crippen LogP contribution < -0.4 is 15.4 Å². The number of hydrogen-bond donors (Lipinski definition) is 2. The Labute approximate surface area is 174 Å². The SMILES string of the molecule is COc1ccccc1NC(=O)C(=Cc1cccs1)NC(=O)c1ccc(C)c(C)c1. The van der Waals surface area contributed by atoms with Crippen LogP contribution in [0.15, 0.2) is 65.7 Å². The van der Waals surface area contributed by atoms with Gasteiger partial charge in [-0.3, -0.25) is 9.59 Å². The lowest BCUT2D eigenvalue weighted by Gasteiger charge is -2.13. The molecule has 29 heavy (non-hydrogen) atoms. The third kappa shape index (κ3) is 5.12. The lowest BCUT2D eigenvalue weighted by atomic mass is 10.1. The molecule has 0 radical (unpaired) electrons. The Bertz CT molecular complexity index is 1060. The lowest BCUT2D eigenvalue weighted by Crippen LogP contribution is -2.30. The van der Waals surface area contributed by atoms with Gasteiger partial charge in [-0.2, -0.15) is 0 Å². The minimum atomic E-state index is -0.430. The smallest absolute Gasteiger partial charge is 0.272 e. The van der Waals surface area contributed by atoms with Crippen LogP contribution in [0.5, 0.6) is 5.75 Å². The molecule has 0 bridgehead atoms. The fraction of sp³-hybridized carbons (Fsp3) is 0.130. The molecule has 1 heterocycles. The van der Waals surface area contributed by atoms with Crippen LogP contribution in [0.4, 0.5) is 5.69 Å². The molecular weight excluding hydrogens is 384 g/mol. The van der Waals surface area contributed by atoms with E-state index < -0.39 is 5.91 Å². The van der Waals surface area contributed by atoms with Gasteiger partial charge >= 0.3 is 0 Å². The first-order valence-electron chi connectivity index (χ1n) is 9.06. The summed E-state index contributed by atoms with van der Waals surface area (Å²) in [6.07, 6.45) is 1.66. The standard InChI is InChI=1S/C23H22N2O3S/c1-15-10-11-17(13-16(15)2)22(26)25-20(14-18-7-6-12-29-18)23(27)24-19-8-4-5-9-21(19)28-3/h4-14H,1-3H3,(H,24,27)(H,25,26). The molecule has 2 N–H and O–H groups in total. The Kier molecular flexibility index (Phi) is 6.46. The van der Waals surface area contributed by atoms with E-state index in [2.05, 4.69) is 10.6 Å². The van der Waals surface area contributed by atoms with Crippen molar-refractivity contribution >= 4 is 34.9 Å². The van der Waals surface area contributed by atoms with Gasteiger partial charge < -0.3 is 15.4 Å². The van der Waals surface area contributed by atoms with Crippen molar-refractivity contribution in [3.8, 4) is 5.75 Å². The van der Waals surface area contributed by atoms with Crippen molar-refractivity contribution < 1.29 is 14.3 Å². The maximum Gasteiger partial charge on any atom is 0.272 e. The number of aryl methyl sites for hydroxylation is 2. The highest BCUT2D eigenvalue weighted by Crippen LogP contribution is 2.24. The Balaban J connectivity index is 1.87. The number of para-hydroxylation sites is 2. The van der Waals surface area contributed by atoms with Crippen LogP contribution in [-0.2, 0) is 4.79 Å². The number of carbonyl (C=O) groups is 2. The van der Waals surface area contributed by atoms with Gasteiger partial charge in [-0.15, -0.1) is 11.3 Å². The Morgan fingerprint density at radius 2 is 1.79 bits per heavy atom. The van der Waals surface area contributed by atoms with Gasteiger partial charge in [-0.25, -0.2) is 0 Å². The summed E-state index contributed by atoms with van der Waals surface area (Å²) in [5, 5.41) is 7.47. The predicted octanol–water partition coefficient (Wildman–Crippen LogP) is 4.78. The van der Waals surface area contributed by atoms with Crippen molar-refractivity contribution in [3.63, 3.8) is 0 Å². The number of carbonyl (C=O) groups excluding carboxylic acids is 2. The summed E-state index contributed by atoms with van der Waals surface area (Å²) in [7, 11) is 1.54. The fourth-order valence-electron chi connectivity index (χ4n) is 2.69. The van der Waals surface area contributed by atoms with Gasteiger partial charge in [-0.05, 0) is 66.8 Å². The second-order valence-electron chi connectivity index (χ2n) is 6.48. The van der Waals surface area contributed by atoms with E-state index >= 15 is 0 Å². The molecule has 0 spiro atoms. The minimum Gasteiger partial charge on any atom is -0.495 e. The van der Waals surface area contributed by atoms with Crippen molar-refractivity contribution in [1.82, 2.24) is 5.32 Å². The first-order chi connectivity index (χ1) is 14.0. The fourth-order valence-corrected chi connectivity index (χ4v) is 3.35. The van der Waals surface area contributed by atoms with E-state index in [4.69, 9.17) is 4.74 Å². The number of amides is 2. The molecule has 5 nitrogen and oxygen atoms in total. The molecule has 0 atom stereocenters. The average Bonchev–Trinajstić information content (AvgIpc) is 3.23. The van der Waals surface area contributed by atoms with Gasteiger partial charge in [-0.1, -0.05) is 24.3 Å². The van der Waals surface area contributed by atoms with Crippen LogP contribution >= 0.6 is 11.3 Å². The molecule has 0 saturated carbocycles. The van der Waals surface area contributed by atoms with Crippen molar-refractivity contribution in [2.45, 2.75) is 13.8 Å². The van der Waals surface area contributed by atoms with Gasteiger partial charge in [0.25, 0.3) is 11.8 Å². The quantitative estimate of drug-likeness (QED) is 0.579. The van der Waals surface area contributed by atoms with Crippen LogP contribution in [-0.4, -0.2) is 18.9 Å². The zero-order valence-corrected chi connectivity index (χ0v) is 17.3. The maximum absolute atomic E-state index is 12.9. The molecule has 0 fully saturated rings. The summed E-state index contributed by atoms with van der Waals surface area (Å²) in [4.78, 5) is 26.6. The van der Waals surface area contributed by atoms with E-state index in [1.54, 1.807) is 30.3 Å². The Morgan fingerprint density at radius 3 is 2.48 bits per heavy atom. The third-order valence-corrected chi connectivity index (χ3v) is 5.27. The molecule has 6 heteroatoms. The van der Waals surface area contributed by atoms with Crippen LogP contribution in [0.25, 0.3) is 6.08 Å². The second kappa shape index (κ2) is 9.21. The van der Waals surface area contributed by atoms with Gasteiger partial charge in [0.2, 0.25) is 0 Å². The number of ether oxygens (including phenoxy) is 1. The molecule has 1 aromatic heterocycles. The first kappa shape index (κ1) is 20.4. The molecule has 0 unspecified atom stereocenters. The van der Waals surface area contributed by atoms with Gasteiger partial charge in [0.05, 0.1) is 12.8 Å². The van der Waals surface area contributed by atoms with E-state index in [-0.39, 0.29) is 11.6 Å². The third-order valence-electron chi connectivity index (χ3n) is 4.45. The van der Waals surface area contributed by atoms with E-state index in [9.17, 15) is 9.59 Å². The summed E-state index contributed by atoms with van der Waals surface area (Å²) in [5.74, 6) is -0.233. The van der Waals surface area contributed by atoms with Crippen molar-refractivity contribution in [1.29, 1.82) is 0 Å². The number of nitrogens with one attached hydrogen (secondary N) is 2. The van der Waals surface area contributed by atoms with Crippen LogP contribution in [0.1, 0.15) is 26.4 Å². The Hall–Kier alpha value is -3.38. The molecule has 3 rings (SSSR count). The van der Waals surface area contributed by atoms with Gasteiger partial charge in [0.15, 0.2) is 0 Å². The molecule has 0 saturated heterocycles. The molecule has 2 amide bonds. The molecule has 0 aliphatic heterocycles. The Morgan fingerprint density at radius 1 is 1.00 bits per heavy atom. The van der Waals surface area contributed by atoms with Crippen LogP contribution in [0.3, 0.4) is 0 Å². The van der Waals surface area contributed by atoms with E-state index in [0.717, 1.165) is 16.0 Å². The molecule has 148 valence electrons. The average molecular weight is 407 g/mol. The lowest BCUT2D eigenvalue weighted by molar-refractivity contribution is -0.113. The predicted molar refractivity (Wildman–Crippen MR) is 117 cm³/mol. The summed E-state index contributed by atoms with van der Waals surface area (Å²) >= 11 is 1.48. The molecular formula is C23H22N2O3S. The monoisotopic (exact) mass is 406 g/mol. The van der Waals surface area contributed by atoms with Crippen molar-refractivity contribution in [2.75, 3.05) is 12.4 Å². The highest BCUT2D eigenvalue weighted by molar-refractivity contribution is 7.10. The number of methoxy groups -OCH3 is 1. The van der Waals surface area contributed by atoms with Crippen LogP contribution in [0, 0.1) is 13.8 Å². The first-order valence-corrected chi connectivity index (χ1v) is 9.94. The number of anilines is 1. The highest BCUT2D eigenvalue weighted by atomic mass is 32.1. The zero-order chi connectivity index (χ0) is 20.8. The van der Waals surface area contributed by atoms with Crippen molar-refractivity contribution in [2.24, 2.45) is 0 Å². The summed E-state index contributed by atoms with van der Waals surface area (Å²) in [6, 6.07) is 16.3. The highest BCUT2D eigenvalue weighted by Gasteiger charge is 2.17. The van der Waals surface area contributed by atoms with Gasteiger partial charge in [0.1, 0.15) is 11.4 Å². The van der Waals surface area contributed by atoms with E-state index in [0.29, 0.717) is 17.0 Å². The number of rotatable bonds is 6. The summed E-state index contributed by atoms with van der Waals surface area (Å²) < 4.78 is 5.29. The van der Waals surface area contributed by atoms with Crippen LogP contribution in [0.2, 0.25) is 0 Å². The summed E-state index contributed by atoms with van der Waals surface area (Å²) in [5.41, 5.74) is 3.29. The van der Waals surface area contributed by atoms with E-state index in [1.165, 1.54) is 18.4 Å². The largest absolute Gasteiger partial charge is 0.495 e.